The zero-order valence-corrected chi connectivity index (χ0v) is 43.6. The van der Waals surface area contributed by atoms with Gasteiger partial charge in [-0.2, -0.15) is 0 Å². The van der Waals surface area contributed by atoms with E-state index in [1.54, 1.807) is 86.0 Å². The topological polar surface area (TPSA) is 222 Å². The maximum absolute atomic E-state index is 13.5. The molecule has 0 radical (unpaired) electrons. The van der Waals surface area contributed by atoms with Crippen LogP contribution in [0.1, 0.15) is 27.7 Å². The first-order chi connectivity index (χ1) is 35.2. The lowest BCUT2D eigenvalue weighted by Crippen LogP contribution is -2.44. The number of hydrogen-bond acceptors (Lipinski definition) is 15. The van der Waals surface area contributed by atoms with E-state index >= 15 is 0 Å². The van der Waals surface area contributed by atoms with Gasteiger partial charge in [0.1, 0.15) is 23.4 Å². The van der Waals surface area contributed by atoms with Gasteiger partial charge in [0.05, 0.1) is 56.5 Å². The Kier molecular flexibility index (Phi) is 14.8. The van der Waals surface area contributed by atoms with Crippen molar-refractivity contribution in [2.45, 2.75) is 38.8 Å². The minimum atomic E-state index is -1.04. The molecule has 9 rings (SSSR count). The average Bonchev–Trinajstić information content (AvgIpc) is 4.04. The normalized spacial score (nSPS) is 14.7. The van der Waals surface area contributed by atoms with E-state index in [0.29, 0.717) is 38.9 Å². The molecular formula is C48H35Cl2N11O9S4. The van der Waals surface area contributed by atoms with Crippen molar-refractivity contribution in [1.82, 2.24) is 9.97 Å². The molecule has 3 N–H and O–H groups in total. The van der Waals surface area contributed by atoms with Crippen LogP contribution in [0.2, 0.25) is 10.0 Å². The average molecular weight is 1110 g/mol. The number of benzene rings is 5. The zero-order chi connectivity index (χ0) is 53.4. The summed E-state index contributed by atoms with van der Waals surface area (Å²) in [5.41, 5.74) is 1.77. The molecule has 0 unspecified atom stereocenters. The molecule has 2 aliphatic rings. The highest BCUT2D eigenvalue weighted by Crippen LogP contribution is 2.42. The van der Waals surface area contributed by atoms with E-state index in [4.69, 9.17) is 75.4 Å². The van der Waals surface area contributed by atoms with Gasteiger partial charge < -0.3 is 24.4 Å². The van der Waals surface area contributed by atoms with Crippen molar-refractivity contribution in [1.29, 1.82) is 0 Å². The number of nitrogens with one attached hydrogen (secondary N) is 2. The summed E-state index contributed by atoms with van der Waals surface area (Å²) in [6, 6.07) is 25.4. The second-order valence-electron chi connectivity index (χ2n) is 16.7. The number of aliphatic hydroxyl groups is 1. The molecule has 0 aliphatic carbocycles. The molecule has 74 heavy (non-hydrogen) atoms. The van der Waals surface area contributed by atoms with Gasteiger partial charge in [-0.3, -0.25) is 40.1 Å². The van der Waals surface area contributed by atoms with E-state index in [0.717, 1.165) is 9.40 Å². The summed E-state index contributed by atoms with van der Waals surface area (Å²) in [7, 11) is 0. The predicted octanol–water partition coefficient (Wildman–Crippen LogP) is 11.9. The molecule has 26 heteroatoms. The minimum absolute atomic E-state index is 0.112. The predicted molar refractivity (Wildman–Crippen MR) is 293 cm³/mol. The number of nitrogens with zero attached hydrogens (tertiary/aromatic N) is 9. The number of halogens is 2. The molecular weight excluding hydrogens is 1070 g/mol. The summed E-state index contributed by atoms with van der Waals surface area (Å²) in [6.45, 7) is 21.0. The van der Waals surface area contributed by atoms with Crippen LogP contribution in [-0.4, -0.2) is 78.5 Å². The Morgan fingerprint density at radius 2 is 1.15 bits per heavy atom. The van der Waals surface area contributed by atoms with Gasteiger partial charge in [0, 0.05) is 33.6 Å². The molecule has 0 saturated carbocycles. The second kappa shape index (κ2) is 20.9. The monoisotopic (exact) mass is 1110 g/mol. The molecule has 2 saturated heterocycles. The van der Waals surface area contributed by atoms with E-state index in [2.05, 4.69) is 30.3 Å². The molecule has 4 heterocycles. The number of thiazole rings is 2. The number of amides is 4. The maximum atomic E-state index is 13.5. The van der Waals surface area contributed by atoms with Crippen LogP contribution in [-0.2, 0) is 14.3 Å². The number of nitro benzene ring substituents is 1. The fraction of sp³-hybridized carbons (Fsp3) is 0.167. The molecule has 374 valence electrons. The SMILES string of the molecule is [C-]#[N+]c1ccc(N2C(=O)C(C)(C)N(c3ccc4sc(NC(=O)OCCO)nc4c3)C2=S)cc1Cl.[C-]#[N+]c1ccc(N2C(=O)C(C)(C)N(c3ccc4sc(NC(=O)Oc5ccc([N+](=O)[O-])cc5)nc4c3)C2=S)cc1Cl. The number of aliphatic hydroxyl groups excluding tert-OH is 1. The number of non-ortho nitro benzene ring substituents is 1. The molecule has 0 spiro atoms. The van der Waals surface area contributed by atoms with Crippen LogP contribution in [0.3, 0.4) is 0 Å². The minimum Gasteiger partial charge on any atom is -0.447 e. The number of carbonyl (C=O) groups is 4. The first kappa shape index (κ1) is 52.4. The molecule has 4 amide bonds. The van der Waals surface area contributed by atoms with Crippen molar-refractivity contribution in [2.75, 3.05) is 43.4 Å². The van der Waals surface area contributed by atoms with Crippen molar-refractivity contribution in [3.63, 3.8) is 0 Å². The van der Waals surface area contributed by atoms with Crippen molar-refractivity contribution < 1.29 is 38.7 Å². The smallest absolute Gasteiger partial charge is 0.418 e. The van der Waals surface area contributed by atoms with Gasteiger partial charge in [-0.05, 0) is 125 Å². The molecule has 0 bridgehead atoms. The van der Waals surface area contributed by atoms with Gasteiger partial charge >= 0.3 is 12.2 Å². The molecule has 2 fully saturated rings. The van der Waals surface area contributed by atoms with Gasteiger partial charge in [0.15, 0.2) is 20.5 Å². The number of rotatable bonds is 10. The molecule has 20 nitrogen and oxygen atoms in total. The highest BCUT2D eigenvalue weighted by atomic mass is 35.5. The third-order valence-corrected chi connectivity index (χ3v) is 14.5. The fourth-order valence-electron chi connectivity index (χ4n) is 7.70. The largest absolute Gasteiger partial charge is 0.447 e. The van der Waals surface area contributed by atoms with Crippen LogP contribution in [0.5, 0.6) is 5.75 Å². The highest BCUT2D eigenvalue weighted by molar-refractivity contribution is 7.81. The Morgan fingerprint density at radius 3 is 1.55 bits per heavy atom. The van der Waals surface area contributed by atoms with Gasteiger partial charge in [0.2, 0.25) is 11.4 Å². The van der Waals surface area contributed by atoms with E-state index in [1.807, 2.05) is 18.2 Å². The summed E-state index contributed by atoms with van der Waals surface area (Å²) in [5.74, 6) is -0.370. The van der Waals surface area contributed by atoms with Crippen LogP contribution in [0.4, 0.5) is 59.7 Å². The molecule has 5 aromatic carbocycles. The van der Waals surface area contributed by atoms with Crippen LogP contribution >= 0.6 is 70.3 Å². The third-order valence-electron chi connectivity index (χ3n) is 11.2. The quantitative estimate of drug-likeness (QED) is 0.0502. The summed E-state index contributed by atoms with van der Waals surface area (Å²) >= 11 is 26.3. The van der Waals surface area contributed by atoms with E-state index in [-0.39, 0.29) is 73.2 Å². The van der Waals surface area contributed by atoms with Crippen LogP contribution in [0.15, 0.2) is 97.1 Å². The number of aromatic nitrogens is 2. The van der Waals surface area contributed by atoms with Gasteiger partial charge in [-0.15, -0.1) is 0 Å². The third kappa shape index (κ3) is 10.2. The van der Waals surface area contributed by atoms with Crippen LogP contribution < -0.4 is 35.0 Å². The van der Waals surface area contributed by atoms with Crippen LogP contribution in [0.25, 0.3) is 30.1 Å². The molecule has 2 aliphatic heterocycles. The fourth-order valence-corrected chi connectivity index (χ4v) is 10.8. The van der Waals surface area contributed by atoms with Gasteiger partial charge in [-0.25, -0.2) is 29.2 Å². The Balaban J connectivity index is 0.000000200. The summed E-state index contributed by atoms with van der Waals surface area (Å²) in [4.78, 5) is 83.0. The Hall–Kier alpha value is -7.94. The summed E-state index contributed by atoms with van der Waals surface area (Å²) in [5, 5.41) is 26.2. The maximum Gasteiger partial charge on any atom is 0.418 e. The van der Waals surface area contributed by atoms with Crippen molar-refractivity contribution in [3.05, 3.63) is 140 Å². The Labute approximate surface area is 449 Å². The highest BCUT2D eigenvalue weighted by Gasteiger charge is 2.51. The first-order valence-corrected chi connectivity index (χ1v) is 24.7. The summed E-state index contributed by atoms with van der Waals surface area (Å²) in [6.07, 6.45) is -1.52. The van der Waals surface area contributed by atoms with Crippen molar-refractivity contribution >= 4 is 175 Å². The van der Waals surface area contributed by atoms with E-state index in [1.165, 1.54) is 62.8 Å². The Bertz CT molecular complexity index is 3600. The number of fused-ring (bicyclic) bond motifs is 2. The van der Waals surface area contributed by atoms with Crippen molar-refractivity contribution in [2.24, 2.45) is 0 Å². The second-order valence-corrected chi connectivity index (χ2v) is 20.3. The lowest BCUT2D eigenvalue weighted by Gasteiger charge is -2.29. The van der Waals surface area contributed by atoms with E-state index < -0.39 is 28.2 Å². The van der Waals surface area contributed by atoms with Gasteiger partial charge in [0.25, 0.3) is 17.5 Å². The number of anilines is 6. The number of nitro groups is 1. The molecule has 7 aromatic rings. The van der Waals surface area contributed by atoms with Crippen LogP contribution in [0, 0.1) is 23.3 Å². The van der Waals surface area contributed by atoms with Gasteiger partial charge in [-0.1, -0.05) is 58.0 Å². The number of thiocarbonyl (C=S) groups is 2. The Morgan fingerprint density at radius 1 is 0.716 bits per heavy atom. The molecule has 0 atom stereocenters. The van der Waals surface area contributed by atoms with E-state index in [9.17, 15) is 29.3 Å². The standard InChI is InChI=1S/C26H17ClN6O5S2.C22H18ClN5O4S2/c1-26(2)22(34)31(15-6-10-19(28-3)18(27)12-15)25(39)32(26)16-7-11-21-20(13-16)29-23(40-21)30-24(35)38-17-8-4-14(5-9-17)33(36)37;1-22(2)18(30)27(12-4-6-15(24-3)14(23)10-12)21(33)28(22)13-5-7-17-16(11-13)25-19(34-17)26-20(31)32-9-8-29/h4-13H,1-2H3,(H,29,30,35);4-7,10-11,29H,8-9H2,1-2H3,(H,25,26,31). The lowest BCUT2D eigenvalue weighted by atomic mass is 10.0. The zero-order valence-electron chi connectivity index (χ0n) is 38.8. The first-order valence-electron chi connectivity index (χ1n) is 21.5. The number of ether oxygens (including phenoxy) is 2. The number of carbonyl (C=O) groups excluding carboxylic acids is 4. The van der Waals surface area contributed by atoms with Crippen molar-refractivity contribution in [3.8, 4) is 5.75 Å². The molecule has 2 aromatic heterocycles. The number of hydrogen-bond donors (Lipinski definition) is 3. The summed E-state index contributed by atoms with van der Waals surface area (Å²) < 4.78 is 11.6. The lowest BCUT2D eigenvalue weighted by molar-refractivity contribution is -0.384.